The van der Waals surface area contributed by atoms with E-state index in [-0.39, 0.29) is 11.6 Å². The Bertz CT molecular complexity index is 494. The summed E-state index contributed by atoms with van der Waals surface area (Å²) in [6, 6.07) is 5.52. The number of rotatable bonds is 3. The van der Waals surface area contributed by atoms with E-state index in [2.05, 4.69) is 5.32 Å². The van der Waals surface area contributed by atoms with Gasteiger partial charge in [0.1, 0.15) is 0 Å². The van der Waals surface area contributed by atoms with Crippen molar-refractivity contribution in [3.8, 4) is 0 Å². The number of alkyl halides is 3. The summed E-state index contributed by atoms with van der Waals surface area (Å²) < 4.78 is 38.6. The molecule has 1 fully saturated rings. The highest BCUT2D eigenvalue weighted by atomic mass is 19.4. The second-order valence-corrected chi connectivity index (χ2v) is 5.37. The van der Waals surface area contributed by atoms with E-state index in [1.165, 1.54) is 19.1 Å². The summed E-state index contributed by atoms with van der Waals surface area (Å²) in [4.78, 5) is 13.0. The highest BCUT2D eigenvalue weighted by Crippen LogP contribution is 2.34. The molecule has 21 heavy (non-hydrogen) atoms. The van der Waals surface area contributed by atoms with Gasteiger partial charge in [-0.1, -0.05) is 12.1 Å². The number of carbonyl (C=O) groups is 1. The third-order valence-electron chi connectivity index (χ3n) is 3.87. The van der Waals surface area contributed by atoms with Crippen LogP contribution in [0.4, 0.5) is 18.9 Å². The standard InChI is InChI=1S/C15H19F3N2O/c1-11(21)20-8-6-12(7-9-20)10-19-14-5-3-2-4-13(14)15(16,17)18/h2-5,12,19H,6-10H2,1H3. The lowest BCUT2D eigenvalue weighted by Crippen LogP contribution is -2.38. The van der Waals surface area contributed by atoms with Gasteiger partial charge in [-0.05, 0) is 30.9 Å². The zero-order chi connectivity index (χ0) is 15.5. The first-order chi connectivity index (χ1) is 9.88. The number of para-hydroxylation sites is 1. The van der Waals surface area contributed by atoms with Gasteiger partial charge in [0.15, 0.2) is 0 Å². The Labute approximate surface area is 122 Å². The molecule has 1 aliphatic rings. The number of likely N-dealkylation sites (tertiary alicyclic amines) is 1. The maximum Gasteiger partial charge on any atom is 0.418 e. The fourth-order valence-electron chi connectivity index (χ4n) is 2.59. The van der Waals surface area contributed by atoms with E-state index in [1.807, 2.05) is 0 Å². The van der Waals surface area contributed by atoms with Crippen LogP contribution in [0.2, 0.25) is 0 Å². The Hall–Kier alpha value is -1.72. The predicted octanol–water partition coefficient (Wildman–Crippen LogP) is 3.38. The fraction of sp³-hybridized carbons (Fsp3) is 0.533. The molecule has 0 saturated carbocycles. The molecule has 1 heterocycles. The average molecular weight is 300 g/mol. The van der Waals surface area contributed by atoms with Crippen LogP contribution in [0.15, 0.2) is 24.3 Å². The Morgan fingerprint density at radius 1 is 1.29 bits per heavy atom. The molecule has 0 radical (unpaired) electrons. The van der Waals surface area contributed by atoms with Gasteiger partial charge in [-0.15, -0.1) is 0 Å². The molecule has 1 aliphatic heterocycles. The molecule has 0 aliphatic carbocycles. The summed E-state index contributed by atoms with van der Waals surface area (Å²) >= 11 is 0. The molecule has 0 unspecified atom stereocenters. The normalized spacial score (nSPS) is 16.9. The fourth-order valence-corrected chi connectivity index (χ4v) is 2.59. The smallest absolute Gasteiger partial charge is 0.384 e. The highest BCUT2D eigenvalue weighted by molar-refractivity contribution is 5.73. The molecule has 2 rings (SSSR count). The SMILES string of the molecule is CC(=O)N1CCC(CNc2ccccc2C(F)(F)F)CC1. The molecule has 0 aromatic heterocycles. The molecule has 3 nitrogen and oxygen atoms in total. The lowest BCUT2D eigenvalue weighted by Gasteiger charge is -2.31. The van der Waals surface area contributed by atoms with Crippen molar-refractivity contribution in [1.29, 1.82) is 0 Å². The maximum absolute atomic E-state index is 12.9. The van der Waals surface area contributed by atoms with E-state index >= 15 is 0 Å². The molecule has 1 aromatic carbocycles. The van der Waals surface area contributed by atoms with Crippen molar-refractivity contribution in [3.63, 3.8) is 0 Å². The minimum absolute atomic E-state index is 0.0591. The van der Waals surface area contributed by atoms with Crippen LogP contribution < -0.4 is 5.32 Å². The van der Waals surface area contributed by atoms with Crippen molar-refractivity contribution in [1.82, 2.24) is 4.90 Å². The third kappa shape index (κ3) is 4.12. The minimum atomic E-state index is -4.35. The first kappa shape index (κ1) is 15.7. The van der Waals surface area contributed by atoms with Gasteiger partial charge < -0.3 is 10.2 Å². The van der Waals surface area contributed by atoms with Gasteiger partial charge in [-0.2, -0.15) is 13.2 Å². The van der Waals surface area contributed by atoms with E-state index in [9.17, 15) is 18.0 Å². The number of amides is 1. The molecule has 1 amide bonds. The van der Waals surface area contributed by atoms with Crippen molar-refractivity contribution in [2.45, 2.75) is 25.9 Å². The molecule has 0 bridgehead atoms. The highest BCUT2D eigenvalue weighted by Gasteiger charge is 2.33. The van der Waals surface area contributed by atoms with Crippen LogP contribution in [-0.2, 0) is 11.0 Å². The van der Waals surface area contributed by atoms with Gasteiger partial charge in [-0.3, -0.25) is 4.79 Å². The number of halogens is 3. The van der Waals surface area contributed by atoms with Crippen LogP contribution in [0.1, 0.15) is 25.3 Å². The summed E-state index contributed by atoms with van der Waals surface area (Å²) in [5.74, 6) is 0.353. The van der Waals surface area contributed by atoms with Crippen LogP contribution in [-0.4, -0.2) is 30.4 Å². The number of nitrogens with zero attached hydrogens (tertiary/aromatic N) is 1. The Balaban J connectivity index is 1.91. The number of nitrogens with one attached hydrogen (secondary N) is 1. The number of benzene rings is 1. The third-order valence-corrected chi connectivity index (χ3v) is 3.87. The van der Waals surface area contributed by atoms with Gasteiger partial charge in [0.05, 0.1) is 5.56 Å². The van der Waals surface area contributed by atoms with E-state index in [4.69, 9.17) is 0 Å². The van der Waals surface area contributed by atoms with Gasteiger partial charge in [-0.25, -0.2) is 0 Å². The largest absolute Gasteiger partial charge is 0.418 e. The van der Waals surface area contributed by atoms with Crippen LogP contribution >= 0.6 is 0 Å². The van der Waals surface area contributed by atoms with Crippen molar-refractivity contribution in [2.24, 2.45) is 5.92 Å². The number of hydrogen-bond acceptors (Lipinski definition) is 2. The molecular weight excluding hydrogens is 281 g/mol. The zero-order valence-corrected chi connectivity index (χ0v) is 11.9. The summed E-state index contributed by atoms with van der Waals surface area (Å²) in [6.45, 7) is 3.40. The van der Waals surface area contributed by atoms with Crippen LogP contribution in [0, 0.1) is 5.92 Å². The van der Waals surface area contributed by atoms with Crippen molar-refractivity contribution in [2.75, 3.05) is 25.0 Å². The molecule has 116 valence electrons. The Morgan fingerprint density at radius 3 is 2.48 bits per heavy atom. The van der Waals surface area contributed by atoms with Crippen LogP contribution in [0.3, 0.4) is 0 Å². The monoisotopic (exact) mass is 300 g/mol. The van der Waals surface area contributed by atoms with Gasteiger partial charge in [0.2, 0.25) is 5.91 Å². The minimum Gasteiger partial charge on any atom is -0.384 e. The van der Waals surface area contributed by atoms with Gasteiger partial charge in [0, 0.05) is 32.2 Å². The molecule has 6 heteroatoms. The molecule has 0 spiro atoms. The zero-order valence-electron chi connectivity index (χ0n) is 11.9. The summed E-state index contributed by atoms with van der Waals surface area (Å²) in [6.07, 6.45) is -2.71. The topological polar surface area (TPSA) is 32.3 Å². The van der Waals surface area contributed by atoms with Gasteiger partial charge in [0.25, 0.3) is 0 Å². The Morgan fingerprint density at radius 2 is 1.90 bits per heavy atom. The molecule has 0 atom stereocenters. The number of carbonyl (C=O) groups excluding carboxylic acids is 1. The van der Waals surface area contributed by atoms with Crippen molar-refractivity contribution in [3.05, 3.63) is 29.8 Å². The van der Waals surface area contributed by atoms with Gasteiger partial charge >= 0.3 is 6.18 Å². The van der Waals surface area contributed by atoms with Crippen molar-refractivity contribution < 1.29 is 18.0 Å². The summed E-state index contributed by atoms with van der Waals surface area (Å²) in [5, 5.41) is 2.91. The molecule has 1 N–H and O–H groups in total. The number of anilines is 1. The predicted molar refractivity (Wildman–Crippen MR) is 74.9 cm³/mol. The van der Waals surface area contributed by atoms with E-state index < -0.39 is 11.7 Å². The second-order valence-electron chi connectivity index (χ2n) is 5.37. The lowest BCUT2D eigenvalue weighted by atomic mass is 9.96. The maximum atomic E-state index is 12.9. The van der Waals surface area contributed by atoms with E-state index in [1.54, 1.807) is 11.0 Å². The van der Waals surface area contributed by atoms with E-state index in [0.29, 0.717) is 25.6 Å². The Kier molecular flexibility index (Phi) is 4.75. The van der Waals surface area contributed by atoms with Crippen LogP contribution in [0.25, 0.3) is 0 Å². The first-order valence-corrected chi connectivity index (χ1v) is 7.03. The molecule has 1 saturated heterocycles. The summed E-state index contributed by atoms with van der Waals surface area (Å²) in [7, 11) is 0. The first-order valence-electron chi connectivity index (χ1n) is 7.03. The quantitative estimate of drug-likeness (QED) is 0.928. The second kappa shape index (κ2) is 6.37. The number of hydrogen-bond donors (Lipinski definition) is 1. The van der Waals surface area contributed by atoms with Crippen molar-refractivity contribution >= 4 is 11.6 Å². The summed E-state index contributed by atoms with van der Waals surface area (Å²) in [5.41, 5.74) is -0.509. The number of piperidine rings is 1. The van der Waals surface area contributed by atoms with E-state index in [0.717, 1.165) is 18.9 Å². The lowest BCUT2D eigenvalue weighted by molar-refractivity contribution is -0.137. The average Bonchev–Trinajstić information content (AvgIpc) is 2.45. The molecular formula is C15H19F3N2O. The van der Waals surface area contributed by atoms with Crippen LogP contribution in [0.5, 0.6) is 0 Å². The molecule has 1 aromatic rings.